The molecule has 1 atom stereocenters. The Morgan fingerprint density at radius 2 is 2.00 bits per heavy atom. The van der Waals surface area contributed by atoms with Gasteiger partial charge in [-0.25, -0.2) is 0 Å². The molecular formula is C10H22ClNO. The van der Waals surface area contributed by atoms with Gasteiger partial charge in [0.1, 0.15) is 5.56 Å². The predicted molar refractivity (Wildman–Crippen MR) is 60.3 cm³/mol. The molecule has 0 aromatic rings. The van der Waals surface area contributed by atoms with E-state index < -0.39 is 0 Å². The molecule has 0 saturated heterocycles. The van der Waals surface area contributed by atoms with Gasteiger partial charge in [0, 0.05) is 0 Å². The fraction of sp³-hybridized carbons (Fsp3) is 0.800. The molecule has 0 fully saturated rings. The Morgan fingerprint density at radius 1 is 1.54 bits per heavy atom. The van der Waals surface area contributed by atoms with E-state index in [0.717, 1.165) is 18.4 Å². The first-order chi connectivity index (χ1) is 6.08. The van der Waals surface area contributed by atoms with Crippen LogP contribution in [0.3, 0.4) is 0 Å². The molecule has 0 aromatic carbocycles. The van der Waals surface area contributed by atoms with E-state index in [4.69, 9.17) is 16.3 Å². The summed E-state index contributed by atoms with van der Waals surface area (Å²) in [6.45, 7) is 8.29. The standard InChI is InChI=1S/C8H15ClO.C2H7N/c1-4-5-8(9)10-6-7(2)3;1-3-2/h8H,2,4-6H2,1,3H3;3H,1-2H3. The van der Waals surface area contributed by atoms with Crippen LogP contribution >= 0.6 is 11.6 Å². The van der Waals surface area contributed by atoms with E-state index in [0.29, 0.717) is 6.61 Å². The molecule has 0 heterocycles. The normalized spacial score (nSPS) is 11.5. The maximum atomic E-state index is 5.76. The highest BCUT2D eigenvalue weighted by atomic mass is 35.5. The van der Waals surface area contributed by atoms with E-state index in [1.165, 1.54) is 0 Å². The van der Waals surface area contributed by atoms with Gasteiger partial charge in [-0.1, -0.05) is 37.1 Å². The van der Waals surface area contributed by atoms with E-state index in [2.05, 4.69) is 18.8 Å². The molecule has 2 nitrogen and oxygen atoms in total. The average Bonchev–Trinajstić information content (AvgIpc) is 2.03. The first-order valence-electron chi connectivity index (χ1n) is 4.57. The molecule has 0 saturated carbocycles. The first-order valence-corrected chi connectivity index (χ1v) is 5.00. The zero-order valence-electron chi connectivity index (χ0n) is 9.19. The van der Waals surface area contributed by atoms with Crippen LogP contribution in [0.5, 0.6) is 0 Å². The van der Waals surface area contributed by atoms with Gasteiger partial charge in [-0.3, -0.25) is 0 Å². The first kappa shape index (κ1) is 15.4. The van der Waals surface area contributed by atoms with E-state index in [9.17, 15) is 0 Å². The number of halogens is 1. The van der Waals surface area contributed by atoms with Crippen LogP contribution in [0.4, 0.5) is 0 Å². The lowest BCUT2D eigenvalue weighted by atomic mass is 10.3. The number of alkyl halides is 1. The predicted octanol–water partition coefficient (Wildman–Crippen LogP) is 2.78. The molecule has 0 aliphatic heterocycles. The minimum absolute atomic E-state index is 0.137. The van der Waals surface area contributed by atoms with Crippen LogP contribution in [0.1, 0.15) is 26.7 Å². The van der Waals surface area contributed by atoms with Crippen molar-refractivity contribution in [3.63, 3.8) is 0 Å². The van der Waals surface area contributed by atoms with E-state index in [1.54, 1.807) is 0 Å². The van der Waals surface area contributed by atoms with Crippen LogP contribution < -0.4 is 5.32 Å². The molecule has 0 amide bonds. The summed E-state index contributed by atoms with van der Waals surface area (Å²) < 4.78 is 5.21. The van der Waals surface area contributed by atoms with E-state index in [1.807, 2.05) is 21.0 Å². The smallest absolute Gasteiger partial charge is 0.131 e. The van der Waals surface area contributed by atoms with Crippen molar-refractivity contribution in [2.24, 2.45) is 0 Å². The van der Waals surface area contributed by atoms with Gasteiger partial charge < -0.3 is 10.1 Å². The minimum Gasteiger partial charge on any atom is -0.358 e. The van der Waals surface area contributed by atoms with Gasteiger partial charge >= 0.3 is 0 Å². The van der Waals surface area contributed by atoms with E-state index >= 15 is 0 Å². The van der Waals surface area contributed by atoms with Crippen molar-refractivity contribution in [3.8, 4) is 0 Å². The lowest BCUT2D eigenvalue weighted by Crippen LogP contribution is -2.05. The maximum absolute atomic E-state index is 5.76. The fourth-order valence-corrected chi connectivity index (χ4v) is 0.824. The van der Waals surface area contributed by atoms with Crippen LogP contribution in [0.15, 0.2) is 12.2 Å². The topological polar surface area (TPSA) is 21.3 Å². The summed E-state index contributed by atoms with van der Waals surface area (Å²) in [5.41, 5.74) is 0.878. The number of rotatable bonds is 5. The van der Waals surface area contributed by atoms with Gasteiger partial charge in [0.05, 0.1) is 6.61 Å². The molecule has 80 valence electrons. The van der Waals surface area contributed by atoms with Crippen LogP contribution in [0.2, 0.25) is 0 Å². The van der Waals surface area contributed by atoms with Gasteiger partial charge in [-0.05, 0) is 27.4 Å². The number of nitrogens with one attached hydrogen (secondary N) is 1. The summed E-state index contributed by atoms with van der Waals surface area (Å²) >= 11 is 5.76. The van der Waals surface area contributed by atoms with Crippen molar-refractivity contribution < 1.29 is 4.74 Å². The van der Waals surface area contributed by atoms with Gasteiger partial charge in [-0.2, -0.15) is 0 Å². The molecule has 0 aromatic heterocycles. The van der Waals surface area contributed by atoms with Crippen LogP contribution in [-0.4, -0.2) is 26.3 Å². The highest BCUT2D eigenvalue weighted by molar-refractivity contribution is 6.19. The summed E-state index contributed by atoms with van der Waals surface area (Å²) in [5, 5.41) is 2.75. The van der Waals surface area contributed by atoms with Crippen molar-refractivity contribution in [1.29, 1.82) is 0 Å². The van der Waals surface area contributed by atoms with Gasteiger partial charge in [0.25, 0.3) is 0 Å². The summed E-state index contributed by atoms with van der Waals surface area (Å²) in [6, 6.07) is 0. The lowest BCUT2D eigenvalue weighted by Gasteiger charge is -2.08. The summed E-state index contributed by atoms with van der Waals surface area (Å²) in [5.74, 6) is 0. The van der Waals surface area contributed by atoms with Gasteiger partial charge in [0.2, 0.25) is 0 Å². The molecule has 0 bridgehead atoms. The SMILES string of the molecule is C=C(C)COC(Cl)CCC.CNC. The molecular weight excluding hydrogens is 186 g/mol. The Hall–Kier alpha value is -0.0500. The number of hydrogen-bond donors (Lipinski definition) is 1. The van der Waals surface area contributed by atoms with Gasteiger partial charge in [-0.15, -0.1) is 0 Å². The minimum atomic E-state index is -0.137. The molecule has 0 aliphatic carbocycles. The Labute approximate surface area is 87.3 Å². The van der Waals surface area contributed by atoms with Crippen LogP contribution in [0.25, 0.3) is 0 Å². The summed E-state index contributed by atoms with van der Waals surface area (Å²) in [6.07, 6.45) is 1.97. The van der Waals surface area contributed by atoms with Crippen molar-refractivity contribution in [3.05, 3.63) is 12.2 Å². The van der Waals surface area contributed by atoms with Crippen molar-refractivity contribution in [1.82, 2.24) is 5.32 Å². The molecule has 0 rings (SSSR count). The second-order valence-corrected chi connectivity index (χ2v) is 3.45. The Kier molecular flexibility index (Phi) is 14.2. The molecule has 0 aliphatic rings. The Balaban J connectivity index is 0. The fourth-order valence-electron chi connectivity index (χ4n) is 0.543. The zero-order chi connectivity index (χ0) is 10.7. The zero-order valence-corrected chi connectivity index (χ0v) is 9.95. The molecule has 13 heavy (non-hydrogen) atoms. The Bertz CT molecular complexity index is 117. The van der Waals surface area contributed by atoms with Crippen LogP contribution in [-0.2, 0) is 4.74 Å². The lowest BCUT2D eigenvalue weighted by molar-refractivity contribution is 0.121. The average molecular weight is 208 g/mol. The van der Waals surface area contributed by atoms with Crippen molar-refractivity contribution in [2.75, 3.05) is 20.7 Å². The second kappa shape index (κ2) is 11.9. The third kappa shape index (κ3) is 18.7. The second-order valence-electron chi connectivity index (χ2n) is 2.97. The number of ether oxygens (including phenoxy) is 1. The highest BCUT2D eigenvalue weighted by Gasteiger charge is 2.00. The molecule has 1 N–H and O–H groups in total. The quantitative estimate of drug-likeness (QED) is 0.553. The van der Waals surface area contributed by atoms with Crippen molar-refractivity contribution >= 4 is 11.6 Å². The summed E-state index contributed by atoms with van der Waals surface area (Å²) in [7, 11) is 3.75. The molecule has 1 unspecified atom stereocenters. The largest absolute Gasteiger partial charge is 0.358 e. The third-order valence-corrected chi connectivity index (χ3v) is 1.37. The van der Waals surface area contributed by atoms with Crippen molar-refractivity contribution in [2.45, 2.75) is 32.3 Å². The van der Waals surface area contributed by atoms with Crippen LogP contribution in [0, 0.1) is 0 Å². The van der Waals surface area contributed by atoms with Gasteiger partial charge in [0.15, 0.2) is 0 Å². The Morgan fingerprint density at radius 3 is 2.31 bits per heavy atom. The molecule has 0 spiro atoms. The third-order valence-electron chi connectivity index (χ3n) is 1.03. The van der Waals surface area contributed by atoms with E-state index in [-0.39, 0.29) is 5.56 Å². The highest BCUT2D eigenvalue weighted by Crippen LogP contribution is 2.07. The monoisotopic (exact) mass is 207 g/mol. The number of hydrogen-bond acceptors (Lipinski definition) is 2. The summed E-state index contributed by atoms with van der Waals surface area (Å²) in [4.78, 5) is 0. The molecule has 3 heteroatoms. The molecule has 0 radical (unpaired) electrons. The maximum Gasteiger partial charge on any atom is 0.131 e.